The lowest BCUT2D eigenvalue weighted by Crippen LogP contribution is -1.96. The quantitative estimate of drug-likeness (QED) is 0.618. The summed E-state index contributed by atoms with van der Waals surface area (Å²) in [4.78, 5) is 12.4. The van der Waals surface area contributed by atoms with Crippen molar-refractivity contribution < 1.29 is 0 Å². The van der Waals surface area contributed by atoms with Gasteiger partial charge in [0.25, 0.3) is 0 Å². The van der Waals surface area contributed by atoms with Crippen molar-refractivity contribution in [3.63, 3.8) is 0 Å². The fourth-order valence-corrected chi connectivity index (χ4v) is 2.01. The Bertz CT molecular complexity index is 690. The van der Waals surface area contributed by atoms with E-state index >= 15 is 0 Å². The summed E-state index contributed by atoms with van der Waals surface area (Å²) in [6, 6.07) is 5.73. The van der Waals surface area contributed by atoms with Gasteiger partial charge >= 0.3 is 0 Å². The first kappa shape index (κ1) is 10.2. The second-order valence-corrected chi connectivity index (χ2v) is 4.08. The Morgan fingerprint density at radius 1 is 1.18 bits per heavy atom. The molecule has 0 aliphatic heterocycles. The molecule has 3 aromatic rings. The van der Waals surface area contributed by atoms with Crippen LogP contribution in [0.25, 0.3) is 16.9 Å². The van der Waals surface area contributed by atoms with Gasteiger partial charge in [-0.1, -0.05) is 0 Å². The number of aromatic nitrogens is 4. The average Bonchev–Trinajstić information content (AvgIpc) is 2.68. The van der Waals surface area contributed by atoms with Crippen molar-refractivity contribution in [3.05, 3.63) is 47.6 Å². The average molecular weight is 245 g/mol. The molecule has 3 heterocycles. The predicted molar refractivity (Wildman–Crippen MR) is 66.4 cm³/mol. The molecule has 0 saturated heterocycles. The van der Waals surface area contributed by atoms with Crippen LogP contribution in [0.3, 0.4) is 0 Å². The lowest BCUT2D eigenvalue weighted by Gasteiger charge is -2.03. The second kappa shape index (κ2) is 3.82. The summed E-state index contributed by atoms with van der Waals surface area (Å²) in [5.41, 5.74) is 3.09. The zero-order valence-electron chi connectivity index (χ0n) is 9.13. The maximum absolute atomic E-state index is 5.80. The Morgan fingerprint density at radius 3 is 2.88 bits per heavy atom. The van der Waals surface area contributed by atoms with Gasteiger partial charge in [0.2, 0.25) is 5.28 Å². The summed E-state index contributed by atoms with van der Waals surface area (Å²) < 4.78 is 1.96. The minimum absolute atomic E-state index is 0.242. The van der Waals surface area contributed by atoms with E-state index in [2.05, 4.69) is 15.0 Å². The first-order valence-corrected chi connectivity index (χ1v) is 5.55. The van der Waals surface area contributed by atoms with Crippen molar-refractivity contribution in [2.45, 2.75) is 6.92 Å². The number of rotatable bonds is 1. The van der Waals surface area contributed by atoms with Crippen molar-refractivity contribution in [2.24, 2.45) is 0 Å². The van der Waals surface area contributed by atoms with E-state index in [-0.39, 0.29) is 5.28 Å². The minimum atomic E-state index is 0.242. The van der Waals surface area contributed by atoms with Gasteiger partial charge in [-0.3, -0.25) is 9.55 Å². The Balaban J connectivity index is 2.31. The highest BCUT2D eigenvalue weighted by molar-refractivity contribution is 6.28. The van der Waals surface area contributed by atoms with E-state index in [1.54, 1.807) is 12.4 Å². The van der Waals surface area contributed by atoms with Gasteiger partial charge in [-0.25, -0.2) is 4.98 Å². The Kier molecular flexibility index (Phi) is 2.30. The summed E-state index contributed by atoms with van der Waals surface area (Å²) in [6.45, 7) is 2.02. The van der Waals surface area contributed by atoms with Crippen molar-refractivity contribution >= 4 is 22.6 Å². The molecule has 0 N–H and O–H groups in total. The van der Waals surface area contributed by atoms with Crippen LogP contribution in [0.4, 0.5) is 0 Å². The van der Waals surface area contributed by atoms with Crippen molar-refractivity contribution in [1.82, 2.24) is 19.5 Å². The third-order valence-corrected chi connectivity index (χ3v) is 2.78. The number of nitrogens with zero attached hydrogens (tertiary/aromatic N) is 4. The number of hydrogen-bond acceptors (Lipinski definition) is 3. The normalized spacial score (nSPS) is 10.9. The summed E-state index contributed by atoms with van der Waals surface area (Å²) in [5.74, 6) is 0.746. The van der Waals surface area contributed by atoms with Crippen molar-refractivity contribution in [2.75, 3.05) is 0 Å². The van der Waals surface area contributed by atoms with E-state index in [1.807, 2.05) is 35.9 Å². The monoisotopic (exact) mass is 244 g/mol. The number of aryl methyl sites for hydroxylation is 1. The molecular weight excluding hydrogens is 236 g/mol. The smallest absolute Gasteiger partial charge is 0.224 e. The van der Waals surface area contributed by atoms with Gasteiger partial charge < -0.3 is 0 Å². The fraction of sp³-hybridized carbons (Fsp3) is 0.0833. The van der Waals surface area contributed by atoms with Crippen LogP contribution >= 0.6 is 11.6 Å². The molecule has 4 nitrogen and oxygen atoms in total. The third kappa shape index (κ3) is 1.66. The van der Waals surface area contributed by atoms with Crippen LogP contribution < -0.4 is 0 Å². The Morgan fingerprint density at radius 2 is 2.06 bits per heavy atom. The second-order valence-electron chi connectivity index (χ2n) is 3.74. The molecule has 0 atom stereocenters. The highest BCUT2D eigenvalue weighted by Crippen LogP contribution is 2.21. The highest BCUT2D eigenvalue weighted by atomic mass is 35.5. The molecule has 0 amide bonds. The van der Waals surface area contributed by atoms with E-state index in [1.165, 1.54) is 0 Å². The molecule has 3 aromatic heterocycles. The molecule has 0 spiro atoms. The lowest BCUT2D eigenvalue weighted by molar-refractivity contribution is 1.01. The van der Waals surface area contributed by atoms with Crippen LogP contribution in [0.5, 0.6) is 0 Å². The molecule has 5 heteroatoms. The Hall–Kier alpha value is -1.94. The SMILES string of the molecule is Cc1cn(-c2ccnc(Cl)n2)c2cccnc12. The van der Waals surface area contributed by atoms with E-state index in [9.17, 15) is 0 Å². The van der Waals surface area contributed by atoms with Crippen molar-refractivity contribution in [1.29, 1.82) is 0 Å². The maximum atomic E-state index is 5.80. The molecule has 0 unspecified atom stereocenters. The summed E-state index contributed by atoms with van der Waals surface area (Å²) in [6.07, 6.45) is 5.42. The standard InChI is InChI=1S/C12H9ClN4/c1-8-7-17(9-3-2-5-14-11(8)9)10-4-6-15-12(13)16-10/h2-7H,1H3. The van der Waals surface area contributed by atoms with Gasteiger partial charge in [-0.15, -0.1) is 0 Å². The topological polar surface area (TPSA) is 43.6 Å². The number of hydrogen-bond donors (Lipinski definition) is 0. The van der Waals surface area contributed by atoms with E-state index < -0.39 is 0 Å². The number of halogens is 1. The summed E-state index contributed by atoms with van der Waals surface area (Å²) in [7, 11) is 0. The van der Waals surface area contributed by atoms with E-state index in [4.69, 9.17) is 11.6 Å². The summed E-state index contributed by atoms with van der Waals surface area (Å²) >= 11 is 5.80. The van der Waals surface area contributed by atoms with Gasteiger partial charge in [0.15, 0.2) is 0 Å². The molecule has 0 aromatic carbocycles. The van der Waals surface area contributed by atoms with Crippen LogP contribution in [0, 0.1) is 6.92 Å². The van der Waals surface area contributed by atoms with Gasteiger partial charge in [0.1, 0.15) is 5.82 Å². The van der Waals surface area contributed by atoms with Gasteiger partial charge in [0, 0.05) is 18.6 Å². The molecule has 0 radical (unpaired) electrons. The van der Waals surface area contributed by atoms with Gasteiger partial charge in [-0.05, 0) is 42.3 Å². The molecule has 84 valence electrons. The lowest BCUT2D eigenvalue weighted by atomic mass is 10.3. The molecule has 0 fully saturated rings. The molecule has 17 heavy (non-hydrogen) atoms. The van der Waals surface area contributed by atoms with Crippen LogP contribution in [-0.4, -0.2) is 19.5 Å². The molecule has 0 aliphatic carbocycles. The molecule has 3 rings (SSSR count). The molecule has 0 saturated carbocycles. The Labute approximate surface area is 103 Å². The number of fused-ring (bicyclic) bond motifs is 1. The third-order valence-electron chi connectivity index (χ3n) is 2.60. The first-order chi connectivity index (χ1) is 8.25. The van der Waals surface area contributed by atoms with Crippen molar-refractivity contribution in [3.8, 4) is 5.82 Å². The zero-order valence-corrected chi connectivity index (χ0v) is 9.89. The van der Waals surface area contributed by atoms with E-state index in [0.717, 1.165) is 22.4 Å². The molecule has 0 bridgehead atoms. The predicted octanol–water partition coefficient (Wildman–Crippen LogP) is 2.78. The van der Waals surface area contributed by atoms with Crippen LogP contribution in [0.15, 0.2) is 36.8 Å². The van der Waals surface area contributed by atoms with Crippen LogP contribution in [-0.2, 0) is 0 Å². The zero-order chi connectivity index (χ0) is 11.8. The highest BCUT2D eigenvalue weighted by Gasteiger charge is 2.08. The largest absolute Gasteiger partial charge is 0.299 e. The van der Waals surface area contributed by atoms with Gasteiger partial charge in [-0.2, -0.15) is 4.98 Å². The first-order valence-electron chi connectivity index (χ1n) is 5.17. The maximum Gasteiger partial charge on any atom is 0.224 e. The fourth-order valence-electron chi connectivity index (χ4n) is 1.87. The number of pyridine rings is 1. The van der Waals surface area contributed by atoms with Crippen LogP contribution in [0.1, 0.15) is 5.56 Å². The molecular formula is C12H9ClN4. The minimum Gasteiger partial charge on any atom is -0.299 e. The summed E-state index contributed by atoms with van der Waals surface area (Å²) in [5, 5.41) is 0.242. The van der Waals surface area contributed by atoms with E-state index in [0.29, 0.717) is 0 Å². The molecule has 0 aliphatic rings. The van der Waals surface area contributed by atoms with Crippen LogP contribution in [0.2, 0.25) is 5.28 Å². The van der Waals surface area contributed by atoms with Gasteiger partial charge in [0.05, 0.1) is 11.0 Å².